The van der Waals surface area contributed by atoms with E-state index in [0.717, 1.165) is 0 Å². The fraction of sp³-hybridized carbons (Fsp3) is 0.625. The van der Waals surface area contributed by atoms with Crippen LogP contribution in [0.25, 0.3) is 0 Å². The van der Waals surface area contributed by atoms with Crippen LogP contribution in [-0.4, -0.2) is 29.7 Å². The Morgan fingerprint density at radius 1 is 1.47 bits per heavy atom. The van der Waals surface area contributed by atoms with E-state index in [4.69, 9.17) is 17.3 Å². The normalized spacial score (nSPS) is 21.7. The molecule has 0 aliphatic carbocycles. The standard InChI is InChI=1S/C8H12ClN3O2S/c9-8-7(10)5-11-12(8)6-1-3-15(13,14)4-2-6/h5-6H,1-4,10H2. The van der Waals surface area contributed by atoms with Crippen LogP contribution in [-0.2, 0) is 9.84 Å². The largest absolute Gasteiger partial charge is 0.395 e. The van der Waals surface area contributed by atoms with Gasteiger partial charge in [0.1, 0.15) is 15.0 Å². The van der Waals surface area contributed by atoms with Crippen LogP contribution in [0.1, 0.15) is 18.9 Å². The molecule has 2 heterocycles. The van der Waals surface area contributed by atoms with Crippen LogP contribution in [0.2, 0.25) is 5.15 Å². The van der Waals surface area contributed by atoms with E-state index >= 15 is 0 Å². The highest BCUT2D eigenvalue weighted by Gasteiger charge is 2.26. The third-order valence-corrected chi connectivity index (χ3v) is 4.74. The van der Waals surface area contributed by atoms with Crippen LogP contribution in [0.15, 0.2) is 6.20 Å². The summed E-state index contributed by atoms with van der Waals surface area (Å²) in [4.78, 5) is 0. The molecular weight excluding hydrogens is 238 g/mol. The molecule has 1 saturated heterocycles. The first kappa shape index (κ1) is 10.8. The van der Waals surface area contributed by atoms with Crippen LogP contribution >= 0.6 is 11.6 Å². The van der Waals surface area contributed by atoms with Gasteiger partial charge in [0.2, 0.25) is 0 Å². The number of hydrogen-bond acceptors (Lipinski definition) is 4. The summed E-state index contributed by atoms with van der Waals surface area (Å²) in [5.74, 6) is 0.404. The van der Waals surface area contributed by atoms with Crippen LogP contribution in [0.3, 0.4) is 0 Å². The molecule has 15 heavy (non-hydrogen) atoms. The van der Waals surface area contributed by atoms with Gasteiger partial charge in [-0.2, -0.15) is 5.10 Å². The summed E-state index contributed by atoms with van der Waals surface area (Å²) in [6, 6.07) is 0.0540. The monoisotopic (exact) mass is 249 g/mol. The molecule has 1 aliphatic heterocycles. The summed E-state index contributed by atoms with van der Waals surface area (Å²) in [6.07, 6.45) is 2.61. The Hall–Kier alpha value is -0.750. The van der Waals surface area contributed by atoms with Crippen LogP contribution in [0.4, 0.5) is 5.69 Å². The fourth-order valence-corrected chi connectivity index (χ4v) is 3.43. The molecule has 1 aliphatic rings. The molecule has 0 unspecified atom stereocenters. The Morgan fingerprint density at radius 2 is 2.07 bits per heavy atom. The van der Waals surface area contributed by atoms with Gasteiger partial charge in [0.25, 0.3) is 0 Å². The number of nitrogens with two attached hydrogens (primary N) is 1. The van der Waals surface area contributed by atoms with Crippen molar-refractivity contribution in [1.29, 1.82) is 0 Å². The summed E-state index contributed by atoms with van der Waals surface area (Å²) in [6.45, 7) is 0. The summed E-state index contributed by atoms with van der Waals surface area (Å²) in [7, 11) is -2.85. The van der Waals surface area contributed by atoms with Crippen molar-refractivity contribution in [1.82, 2.24) is 9.78 Å². The number of hydrogen-bond donors (Lipinski definition) is 1. The Balaban J connectivity index is 2.18. The highest BCUT2D eigenvalue weighted by Crippen LogP contribution is 2.28. The summed E-state index contributed by atoms with van der Waals surface area (Å²) in [5.41, 5.74) is 6.00. The zero-order chi connectivity index (χ0) is 11.1. The van der Waals surface area contributed by atoms with Gasteiger partial charge in [-0.15, -0.1) is 0 Å². The lowest BCUT2D eigenvalue weighted by Crippen LogP contribution is -2.26. The molecule has 2 N–H and O–H groups in total. The second kappa shape index (κ2) is 3.68. The van der Waals surface area contributed by atoms with Crippen molar-refractivity contribution in [2.24, 2.45) is 0 Å². The maximum atomic E-state index is 11.2. The molecule has 0 atom stereocenters. The van der Waals surface area contributed by atoms with E-state index in [9.17, 15) is 8.42 Å². The Kier molecular flexibility index (Phi) is 2.64. The third-order valence-electron chi connectivity index (χ3n) is 2.63. The third kappa shape index (κ3) is 2.10. The van der Waals surface area contributed by atoms with Gasteiger partial charge in [-0.25, -0.2) is 13.1 Å². The van der Waals surface area contributed by atoms with Gasteiger partial charge in [-0.05, 0) is 12.8 Å². The lowest BCUT2D eigenvalue weighted by Gasteiger charge is -2.22. The summed E-state index contributed by atoms with van der Waals surface area (Å²) < 4.78 is 24.1. The maximum Gasteiger partial charge on any atom is 0.150 e. The molecule has 0 amide bonds. The van der Waals surface area contributed by atoms with E-state index in [1.165, 1.54) is 6.20 Å². The summed E-state index contributed by atoms with van der Waals surface area (Å²) >= 11 is 5.94. The van der Waals surface area contributed by atoms with Gasteiger partial charge in [0, 0.05) is 0 Å². The van der Waals surface area contributed by atoms with Crippen molar-refractivity contribution in [2.75, 3.05) is 17.2 Å². The quantitative estimate of drug-likeness (QED) is 0.801. The first-order valence-corrected chi connectivity index (χ1v) is 6.88. The van der Waals surface area contributed by atoms with Crippen LogP contribution in [0.5, 0.6) is 0 Å². The predicted octanol–water partition coefficient (Wildman–Crippen LogP) is 0.868. The molecule has 1 aromatic heterocycles. The summed E-state index contributed by atoms with van der Waals surface area (Å²) in [5, 5.41) is 4.45. The predicted molar refractivity (Wildman–Crippen MR) is 58.6 cm³/mol. The average molecular weight is 250 g/mol. The molecular formula is C8H12ClN3O2S. The van der Waals surface area contributed by atoms with E-state index in [2.05, 4.69) is 5.10 Å². The lowest BCUT2D eigenvalue weighted by molar-refractivity contribution is 0.414. The molecule has 5 nitrogen and oxygen atoms in total. The Morgan fingerprint density at radius 3 is 2.53 bits per heavy atom. The molecule has 0 bridgehead atoms. The molecule has 7 heteroatoms. The van der Waals surface area contributed by atoms with Crippen molar-refractivity contribution < 1.29 is 8.42 Å². The van der Waals surface area contributed by atoms with Crippen molar-refractivity contribution in [3.05, 3.63) is 11.3 Å². The van der Waals surface area contributed by atoms with E-state index in [0.29, 0.717) is 23.7 Å². The van der Waals surface area contributed by atoms with Crippen molar-refractivity contribution in [3.8, 4) is 0 Å². The van der Waals surface area contributed by atoms with E-state index in [1.54, 1.807) is 4.68 Å². The number of rotatable bonds is 1. The second-order valence-electron chi connectivity index (χ2n) is 3.72. The fourth-order valence-electron chi connectivity index (χ4n) is 1.74. The topological polar surface area (TPSA) is 78.0 Å². The van der Waals surface area contributed by atoms with Crippen molar-refractivity contribution >= 4 is 27.1 Å². The molecule has 0 saturated carbocycles. The number of nitrogens with zero attached hydrogens (tertiary/aromatic N) is 2. The molecule has 1 fully saturated rings. The maximum absolute atomic E-state index is 11.2. The Labute approximate surface area is 93.1 Å². The first-order chi connectivity index (χ1) is 6.99. The van der Waals surface area contributed by atoms with Gasteiger partial charge < -0.3 is 5.73 Å². The first-order valence-electron chi connectivity index (χ1n) is 4.68. The second-order valence-corrected chi connectivity index (χ2v) is 6.38. The van der Waals surface area contributed by atoms with Crippen LogP contribution < -0.4 is 5.73 Å². The minimum atomic E-state index is -2.85. The van der Waals surface area contributed by atoms with E-state index < -0.39 is 9.84 Å². The average Bonchev–Trinajstić information content (AvgIpc) is 2.49. The number of anilines is 1. The number of halogens is 1. The SMILES string of the molecule is Nc1cnn(C2CCS(=O)(=O)CC2)c1Cl. The van der Waals surface area contributed by atoms with Gasteiger partial charge in [0.05, 0.1) is 29.4 Å². The highest BCUT2D eigenvalue weighted by molar-refractivity contribution is 7.91. The Bertz CT molecular complexity index is 454. The molecule has 0 spiro atoms. The van der Waals surface area contributed by atoms with Gasteiger partial charge in [-0.1, -0.05) is 11.6 Å². The van der Waals surface area contributed by atoms with E-state index in [1.807, 2.05) is 0 Å². The molecule has 1 aromatic rings. The molecule has 2 rings (SSSR count). The molecule has 0 radical (unpaired) electrons. The van der Waals surface area contributed by atoms with Gasteiger partial charge >= 0.3 is 0 Å². The van der Waals surface area contributed by atoms with Crippen LogP contribution in [0, 0.1) is 0 Å². The molecule has 0 aromatic carbocycles. The van der Waals surface area contributed by atoms with E-state index in [-0.39, 0.29) is 17.5 Å². The highest BCUT2D eigenvalue weighted by atomic mass is 35.5. The number of aromatic nitrogens is 2. The minimum absolute atomic E-state index is 0.0540. The smallest absolute Gasteiger partial charge is 0.150 e. The lowest BCUT2D eigenvalue weighted by atomic mass is 10.2. The molecule has 84 valence electrons. The number of sulfone groups is 1. The zero-order valence-corrected chi connectivity index (χ0v) is 9.63. The number of nitrogen functional groups attached to an aromatic ring is 1. The minimum Gasteiger partial charge on any atom is -0.395 e. The zero-order valence-electron chi connectivity index (χ0n) is 8.06. The van der Waals surface area contributed by atoms with Crippen molar-refractivity contribution in [2.45, 2.75) is 18.9 Å². The van der Waals surface area contributed by atoms with Crippen molar-refractivity contribution in [3.63, 3.8) is 0 Å². The van der Waals surface area contributed by atoms with Gasteiger partial charge in [0.15, 0.2) is 0 Å². The van der Waals surface area contributed by atoms with Gasteiger partial charge in [-0.3, -0.25) is 0 Å².